The molecule has 0 bridgehead atoms. The Bertz CT molecular complexity index is 1030. The quantitative estimate of drug-likeness (QED) is 0.592. The summed E-state index contributed by atoms with van der Waals surface area (Å²) in [6.07, 6.45) is 1.71. The third-order valence-electron chi connectivity index (χ3n) is 4.17. The first kappa shape index (κ1) is 16.7. The van der Waals surface area contributed by atoms with Gasteiger partial charge in [0, 0.05) is 11.8 Å². The summed E-state index contributed by atoms with van der Waals surface area (Å²) in [6.45, 7) is 0.361. The van der Waals surface area contributed by atoms with Gasteiger partial charge >= 0.3 is 0 Å². The van der Waals surface area contributed by atoms with Crippen molar-refractivity contribution >= 4 is 5.91 Å². The number of nitrogens with one attached hydrogen (secondary N) is 1. The van der Waals surface area contributed by atoms with Crippen LogP contribution in [-0.2, 0) is 6.54 Å². The Kier molecular flexibility index (Phi) is 4.74. The average Bonchev–Trinajstić information content (AvgIpc) is 3.20. The molecule has 4 rings (SSSR count). The van der Waals surface area contributed by atoms with E-state index in [1.807, 2.05) is 84.9 Å². The SMILES string of the molecule is O=C(NCc1ccccn1)c1cc(-c2ccccc2)nn1-c1ccccc1. The van der Waals surface area contributed by atoms with E-state index in [9.17, 15) is 4.79 Å². The van der Waals surface area contributed by atoms with Crippen LogP contribution in [0.3, 0.4) is 0 Å². The van der Waals surface area contributed by atoms with E-state index in [-0.39, 0.29) is 5.91 Å². The van der Waals surface area contributed by atoms with Gasteiger partial charge in [0.2, 0.25) is 0 Å². The summed E-state index contributed by atoms with van der Waals surface area (Å²) in [7, 11) is 0. The monoisotopic (exact) mass is 354 g/mol. The third-order valence-corrected chi connectivity index (χ3v) is 4.17. The van der Waals surface area contributed by atoms with Crippen molar-refractivity contribution in [3.63, 3.8) is 0 Å². The van der Waals surface area contributed by atoms with Gasteiger partial charge in [-0.25, -0.2) is 4.68 Å². The highest BCUT2D eigenvalue weighted by Gasteiger charge is 2.17. The summed E-state index contributed by atoms with van der Waals surface area (Å²) in [5.74, 6) is -0.195. The van der Waals surface area contributed by atoms with Gasteiger partial charge in [-0.15, -0.1) is 0 Å². The molecule has 0 aliphatic rings. The maximum absolute atomic E-state index is 12.9. The lowest BCUT2D eigenvalue weighted by atomic mass is 10.1. The van der Waals surface area contributed by atoms with Crippen molar-refractivity contribution in [1.29, 1.82) is 0 Å². The van der Waals surface area contributed by atoms with Crippen LogP contribution in [0.2, 0.25) is 0 Å². The maximum Gasteiger partial charge on any atom is 0.270 e. The predicted molar refractivity (Wildman–Crippen MR) is 104 cm³/mol. The van der Waals surface area contributed by atoms with E-state index < -0.39 is 0 Å². The second-order valence-electron chi connectivity index (χ2n) is 6.03. The maximum atomic E-state index is 12.9. The molecular formula is C22H18N4O. The zero-order valence-electron chi connectivity index (χ0n) is 14.6. The largest absolute Gasteiger partial charge is 0.345 e. The number of aromatic nitrogens is 3. The standard InChI is InChI=1S/C22H18N4O/c27-22(24-16-18-11-7-8-14-23-18)21-15-20(17-9-3-1-4-10-17)25-26(21)19-12-5-2-6-13-19/h1-15H,16H2,(H,24,27). The van der Waals surface area contributed by atoms with Crippen LogP contribution in [0.5, 0.6) is 0 Å². The molecule has 2 aromatic heterocycles. The zero-order valence-corrected chi connectivity index (χ0v) is 14.6. The number of carbonyl (C=O) groups is 1. The van der Waals surface area contributed by atoms with E-state index >= 15 is 0 Å². The molecule has 0 fully saturated rings. The van der Waals surface area contributed by atoms with Crippen molar-refractivity contribution < 1.29 is 4.79 Å². The molecule has 27 heavy (non-hydrogen) atoms. The molecule has 0 aliphatic carbocycles. The Morgan fingerprint density at radius 3 is 2.30 bits per heavy atom. The van der Waals surface area contributed by atoms with Crippen LogP contribution in [0.25, 0.3) is 16.9 Å². The fraction of sp³-hybridized carbons (Fsp3) is 0.0455. The molecule has 1 amide bonds. The number of benzene rings is 2. The molecule has 0 atom stereocenters. The molecule has 0 saturated carbocycles. The van der Waals surface area contributed by atoms with Gasteiger partial charge in [-0.3, -0.25) is 9.78 Å². The van der Waals surface area contributed by atoms with E-state index in [0.29, 0.717) is 12.2 Å². The number of carbonyl (C=O) groups excluding carboxylic acids is 1. The van der Waals surface area contributed by atoms with Crippen LogP contribution in [0.4, 0.5) is 0 Å². The van der Waals surface area contributed by atoms with Crippen LogP contribution in [0.15, 0.2) is 91.1 Å². The molecule has 0 aliphatic heterocycles. The number of nitrogens with zero attached hydrogens (tertiary/aromatic N) is 3. The molecule has 2 aromatic carbocycles. The van der Waals surface area contributed by atoms with Crippen LogP contribution >= 0.6 is 0 Å². The summed E-state index contributed by atoms with van der Waals surface area (Å²) in [5.41, 5.74) is 3.84. The van der Waals surface area contributed by atoms with E-state index in [0.717, 1.165) is 22.6 Å². The Morgan fingerprint density at radius 2 is 1.59 bits per heavy atom. The van der Waals surface area contributed by atoms with Gasteiger partial charge in [0.15, 0.2) is 0 Å². The van der Waals surface area contributed by atoms with Gasteiger partial charge in [0.25, 0.3) is 5.91 Å². The first-order valence-corrected chi connectivity index (χ1v) is 8.70. The molecule has 5 heteroatoms. The van der Waals surface area contributed by atoms with Crippen LogP contribution in [0.1, 0.15) is 16.2 Å². The van der Waals surface area contributed by atoms with Crippen molar-refractivity contribution in [2.45, 2.75) is 6.54 Å². The number of hydrogen-bond acceptors (Lipinski definition) is 3. The number of hydrogen-bond donors (Lipinski definition) is 1. The lowest BCUT2D eigenvalue weighted by molar-refractivity contribution is 0.0942. The second-order valence-corrected chi connectivity index (χ2v) is 6.03. The Balaban J connectivity index is 1.67. The fourth-order valence-electron chi connectivity index (χ4n) is 2.82. The molecule has 2 heterocycles. The van der Waals surface area contributed by atoms with Crippen molar-refractivity contribution in [3.05, 3.63) is 103 Å². The van der Waals surface area contributed by atoms with Crippen molar-refractivity contribution in [2.75, 3.05) is 0 Å². The van der Waals surface area contributed by atoms with Gasteiger partial charge in [0.05, 0.1) is 23.6 Å². The minimum absolute atomic E-state index is 0.195. The molecule has 0 unspecified atom stereocenters. The highest BCUT2D eigenvalue weighted by Crippen LogP contribution is 2.21. The Morgan fingerprint density at radius 1 is 0.889 bits per heavy atom. The van der Waals surface area contributed by atoms with Gasteiger partial charge in [-0.1, -0.05) is 54.6 Å². The molecule has 0 radical (unpaired) electrons. The predicted octanol–water partition coefficient (Wildman–Crippen LogP) is 3.86. The number of amides is 1. The van der Waals surface area contributed by atoms with Crippen molar-refractivity contribution in [1.82, 2.24) is 20.1 Å². The summed E-state index contributed by atoms with van der Waals surface area (Å²) >= 11 is 0. The van der Waals surface area contributed by atoms with Gasteiger partial charge in [-0.05, 0) is 30.3 Å². The van der Waals surface area contributed by atoms with Crippen LogP contribution in [-0.4, -0.2) is 20.7 Å². The van der Waals surface area contributed by atoms with Crippen molar-refractivity contribution in [3.8, 4) is 16.9 Å². The highest BCUT2D eigenvalue weighted by molar-refractivity contribution is 5.94. The molecule has 0 saturated heterocycles. The van der Waals surface area contributed by atoms with Gasteiger partial charge in [0.1, 0.15) is 5.69 Å². The summed E-state index contributed by atoms with van der Waals surface area (Å²) in [4.78, 5) is 17.1. The lowest BCUT2D eigenvalue weighted by Gasteiger charge is -2.08. The number of pyridine rings is 1. The van der Waals surface area contributed by atoms with Crippen molar-refractivity contribution in [2.24, 2.45) is 0 Å². The normalized spacial score (nSPS) is 10.5. The van der Waals surface area contributed by atoms with E-state index in [4.69, 9.17) is 0 Å². The average molecular weight is 354 g/mol. The van der Waals surface area contributed by atoms with E-state index in [1.165, 1.54) is 0 Å². The highest BCUT2D eigenvalue weighted by atomic mass is 16.2. The molecule has 5 nitrogen and oxygen atoms in total. The summed E-state index contributed by atoms with van der Waals surface area (Å²) < 4.78 is 1.68. The third kappa shape index (κ3) is 3.77. The second kappa shape index (κ2) is 7.66. The summed E-state index contributed by atoms with van der Waals surface area (Å²) in [6, 6.07) is 26.9. The lowest BCUT2D eigenvalue weighted by Crippen LogP contribution is -2.25. The fourth-order valence-corrected chi connectivity index (χ4v) is 2.82. The molecule has 4 aromatic rings. The van der Waals surface area contributed by atoms with Crippen LogP contribution in [0, 0.1) is 0 Å². The minimum Gasteiger partial charge on any atom is -0.345 e. The Hall–Kier alpha value is -3.73. The van der Waals surface area contributed by atoms with Gasteiger partial charge in [-0.2, -0.15) is 5.10 Å². The van der Waals surface area contributed by atoms with E-state index in [1.54, 1.807) is 10.9 Å². The zero-order chi connectivity index (χ0) is 18.5. The first-order valence-electron chi connectivity index (χ1n) is 8.70. The summed E-state index contributed by atoms with van der Waals surface area (Å²) in [5, 5.41) is 7.59. The Labute approximate surface area is 157 Å². The molecule has 1 N–H and O–H groups in total. The molecule has 0 spiro atoms. The topological polar surface area (TPSA) is 59.8 Å². The first-order chi connectivity index (χ1) is 13.3. The smallest absolute Gasteiger partial charge is 0.270 e. The van der Waals surface area contributed by atoms with E-state index in [2.05, 4.69) is 15.4 Å². The molecule has 132 valence electrons. The molecular weight excluding hydrogens is 336 g/mol. The number of rotatable bonds is 5. The number of para-hydroxylation sites is 1. The van der Waals surface area contributed by atoms with Gasteiger partial charge < -0.3 is 5.32 Å². The van der Waals surface area contributed by atoms with Crippen LogP contribution < -0.4 is 5.32 Å². The minimum atomic E-state index is -0.195.